The van der Waals surface area contributed by atoms with Gasteiger partial charge in [-0.3, -0.25) is 4.98 Å². The Morgan fingerprint density at radius 2 is 2.00 bits per heavy atom. The minimum atomic E-state index is 0.451. The van der Waals surface area contributed by atoms with Crippen LogP contribution in [0.5, 0.6) is 11.5 Å². The van der Waals surface area contributed by atoms with Crippen LogP contribution in [0.3, 0.4) is 0 Å². The second kappa shape index (κ2) is 3.44. The van der Waals surface area contributed by atoms with E-state index >= 15 is 0 Å². The molecule has 1 aromatic heterocycles. The molecule has 11 heavy (non-hydrogen) atoms. The van der Waals surface area contributed by atoms with E-state index in [0.29, 0.717) is 16.5 Å². The number of pyridine rings is 1. The fourth-order valence-corrected chi connectivity index (χ4v) is 0.975. The maximum Gasteiger partial charge on any atom is 0.182 e. The van der Waals surface area contributed by atoms with Crippen molar-refractivity contribution < 1.29 is 9.47 Å². The molecule has 0 unspecified atom stereocenters. The lowest BCUT2D eigenvalue weighted by Crippen LogP contribution is -1.91. The molecule has 0 aliphatic carbocycles. The number of rotatable bonds is 2. The van der Waals surface area contributed by atoms with Gasteiger partial charge in [-0.05, 0) is 0 Å². The molecule has 0 saturated heterocycles. The Labute approximate surface area is 69.9 Å². The van der Waals surface area contributed by atoms with Crippen molar-refractivity contribution in [3.63, 3.8) is 0 Å². The normalized spacial score (nSPS) is 9.36. The van der Waals surface area contributed by atoms with E-state index in [1.807, 2.05) is 0 Å². The Hall–Kier alpha value is -0.960. The van der Waals surface area contributed by atoms with Crippen molar-refractivity contribution in [2.75, 3.05) is 14.2 Å². The lowest BCUT2D eigenvalue weighted by molar-refractivity contribution is 0.353. The molecule has 0 bridgehead atoms. The van der Waals surface area contributed by atoms with Gasteiger partial charge in [-0.1, -0.05) is 11.6 Å². The molecule has 0 N–H and O–H groups in total. The van der Waals surface area contributed by atoms with Crippen LogP contribution in [-0.4, -0.2) is 19.2 Å². The van der Waals surface area contributed by atoms with Gasteiger partial charge >= 0.3 is 0 Å². The molecule has 0 aromatic carbocycles. The molecule has 0 fully saturated rings. The number of nitrogens with zero attached hydrogens (tertiary/aromatic N) is 1. The van der Waals surface area contributed by atoms with Crippen LogP contribution in [0.25, 0.3) is 0 Å². The molecule has 0 saturated carbocycles. The van der Waals surface area contributed by atoms with Crippen LogP contribution >= 0.6 is 11.6 Å². The van der Waals surface area contributed by atoms with E-state index in [-0.39, 0.29) is 0 Å². The Morgan fingerprint density at radius 1 is 1.27 bits per heavy atom. The summed E-state index contributed by atoms with van der Waals surface area (Å²) in [6.07, 6.45) is 3.05. The third kappa shape index (κ3) is 1.54. The Bertz CT molecular complexity index is 252. The summed E-state index contributed by atoms with van der Waals surface area (Å²) in [6, 6.07) is 0. The smallest absolute Gasteiger partial charge is 0.182 e. The average molecular weight is 174 g/mol. The van der Waals surface area contributed by atoms with E-state index < -0.39 is 0 Å². The molecule has 0 atom stereocenters. The van der Waals surface area contributed by atoms with Gasteiger partial charge in [0.25, 0.3) is 0 Å². The summed E-state index contributed by atoms with van der Waals surface area (Å²) in [6.45, 7) is 0. The van der Waals surface area contributed by atoms with Crippen molar-refractivity contribution in [1.29, 1.82) is 0 Å². The SMILES string of the molecule is COc1cncc(Cl)c1OC. The largest absolute Gasteiger partial charge is 0.491 e. The van der Waals surface area contributed by atoms with Crippen LogP contribution in [0.15, 0.2) is 12.4 Å². The van der Waals surface area contributed by atoms with E-state index in [4.69, 9.17) is 21.1 Å². The van der Waals surface area contributed by atoms with Crippen molar-refractivity contribution in [3.8, 4) is 11.5 Å². The molecule has 4 heteroatoms. The summed E-state index contributed by atoms with van der Waals surface area (Å²) < 4.78 is 9.92. The van der Waals surface area contributed by atoms with Crippen LogP contribution in [0.4, 0.5) is 0 Å². The highest BCUT2D eigenvalue weighted by Gasteiger charge is 2.06. The number of ether oxygens (including phenoxy) is 2. The summed E-state index contributed by atoms with van der Waals surface area (Å²) in [5.74, 6) is 1.06. The maximum absolute atomic E-state index is 5.74. The maximum atomic E-state index is 5.74. The number of methoxy groups -OCH3 is 2. The van der Waals surface area contributed by atoms with Crippen LogP contribution < -0.4 is 9.47 Å². The highest BCUT2D eigenvalue weighted by molar-refractivity contribution is 6.32. The molecule has 3 nitrogen and oxygen atoms in total. The van der Waals surface area contributed by atoms with E-state index in [1.165, 1.54) is 20.4 Å². The van der Waals surface area contributed by atoms with Gasteiger partial charge < -0.3 is 9.47 Å². The van der Waals surface area contributed by atoms with Crippen LogP contribution in [-0.2, 0) is 0 Å². The first-order chi connectivity index (χ1) is 5.29. The highest BCUT2D eigenvalue weighted by atomic mass is 35.5. The third-order valence-electron chi connectivity index (χ3n) is 1.24. The molecule has 0 aliphatic heterocycles. The van der Waals surface area contributed by atoms with Crippen LogP contribution in [0, 0.1) is 0 Å². The fourth-order valence-electron chi connectivity index (χ4n) is 0.749. The van der Waals surface area contributed by atoms with Crippen molar-refractivity contribution in [2.45, 2.75) is 0 Å². The molecule has 1 aromatic rings. The van der Waals surface area contributed by atoms with Gasteiger partial charge in [0.05, 0.1) is 20.4 Å². The van der Waals surface area contributed by atoms with Crippen LogP contribution in [0.1, 0.15) is 0 Å². The van der Waals surface area contributed by atoms with Gasteiger partial charge in [0.15, 0.2) is 11.5 Å². The predicted molar refractivity (Wildman–Crippen MR) is 42.4 cm³/mol. The minimum Gasteiger partial charge on any atom is -0.491 e. The minimum absolute atomic E-state index is 0.451. The first kappa shape index (κ1) is 8.14. The fraction of sp³-hybridized carbons (Fsp3) is 0.286. The molecule has 0 radical (unpaired) electrons. The lowest BCUT2D eigenvalue weighted by atomic mass is 10.4. The average Bonchev–Trinajstić information content (AvgIpc) is 2.04. The monoisotopic (exact) mass is 173 g/mol. The quantitative estimate of drug-likeness (QED) is 0.683. The zero-order valence-electron chi connectivity index (χ0n) is 6.30. The predicted octanol–water partition coefficient (Wildman–Crippen LogP) is 1.75. The van der Waals surface area contributed by atoms with Gasteiger partial charge in [-0.15, -0.1) is 0 Å². The topological polar surface area (TPSA) is 31.4 Å². The van der Waals surface area contributed by atoms with Gasteiger partial charge in [0, 0.05) is 6.20 Å². The summed E-state index contributed by atoms with van der Waals surface area (Å²) in [7, 11) is 3.07. The standard InChI is InChI=1S/C7H8ClNO2/c1-10-6-4-9-3-5(8)7(6)11-2/h3-4H,1-2H3. The molecule has 1 rings (SSSR count). The van der Waals surface area contributed by atoms with E-state index in [0.717, 1.165) is 0 Å². The summed E-state index contributed by atoms with van der Waals surface area (Å²) >= 11 is 5.74. The zero-order chi connectivity index (χ0) is 8.27. The second-order valence-electron chi connectivity index (χ2n) is 1.86. The second-order valence-corrected chi connectivity index (χ2v) is 2.26. The molecule has 0 spiro atoms. The third-order valence-corrected chi connectivity index (χ3v) is 1.51. The summed E-state index contributed by atoms with van der Waals surface area (Å²) in [5, 5.41) is 0.451. The van der Waals surface area contributed by atoms with Crippen molar-refractivity contribution >= 4 is 11.6 Å². The van der Waals surface area contributed by atoms with E-state index in [9.17, 15) is 0 Å². The molecular formula is C7H8ClNO2. The van der Waals surface area contributed by atoms with Crippen molar-refractivity contribution in [2.24, 2.45) is 0 Å². The Kier molecular flexibility index (Phi) is 2.54. The molecule has 0 amide bonds. The molecule has 0 aliphatic rings. The van der Waals surface area contributed by atoms with Gasteiger partial charge in [0.2, 0.25) is 0 Å². The van der Waals surface area contributed by atoms with Crippen molar-refractivity contribution in [3.05, 3.63) is 17.4 Å². The summed E-state index contributed by atoms with van der Waals surface area (Å²) in [5.41, 5.74) is 0. The number of hydrogen-bond donors (Lipinski definition) is 0. The Balaban J connectivity index is 3.13. The molecular weight excluding hydrogens is 166 g/mol. The Morgan fingerprint density at radius 3 is 2.45 bits per heavy atom. The van der Waals surface area contributed by atoms with E-state index in [2.05, 4.69) is 4.98 Å². The highest BCUT2D eigenvalue weighted by Crippen LogP contribution is 2.32. The van der Waals surface area contributed by atoms with Crippen LogP contribution in [0.2, 0.25) is 5.02 Å². The van der Waals surface area contributed by atoms with Gasteiger partial charge in [-0.25, -0.2) is 0 Å². The number of aromatic nitrogens is 1. The first-order valence-electron chi connectivity index (χ1n) is 3.01. The zero-order valence-corrected chi connectivity index (χ0v) is 7.05. The number of hydrogen-bond acceptors (Lipinski definition) is 3. The van der Waals surface area contributed by atoms with Crippen molar-refractivity contribution in [1.82, 2.24) is 4.98 Å². The van der Waals surface area contributed by atoms with Gasteiger partial charge in [0.1, 0.15) is 5.02 Å². The van der Waals surface area contributed by atoms with E-state index in [1.54, 1.807) is 6.20 Å². The lowest BCUT2D eigenvalue weighted by Gasteiger charge is -2.06. The first-order valence-corrected chi connectivity index (χ1v) is 3.39. The molecule has 1 heterocycles. The summed E-state index contributed by atoms with van der Waals surface area (Å²) in [4.78, 5) is 3.83. The van der Waals surface area contributed by atoms with Gasteiger partial charge in [-0.2, -0.15) is 0 Å². The number of halogens is 1. The molecule has 60 valence electrons.